The van der Waals surface area contributed by atoms with E-state index < -0.39 is 6.04 Å². The van der Waals surface area contributed by atoms with Crippen molar-refractivity contribution in [2.45, 2.75) is 57.5 Å². The number of anilines is 2. The lowest BCUT2D eigenvalue weighted by Gasteiger charge is -2.25. The highest BCUT2D eigenvalue weighted by atomic mass is 16.2. The monoisotopic (exact) mass is 516 g/mol. The highest BCUT2D eigenvalue weighted by Crippen LogP contribution is 2.28. The van der Waals surface area contributed by atoms with Gasteiger partial charge in [-0.15, -0.1) is 0 Å². The number of benzene rings is 2. The Bertz CT molecular complexity index is 1210. The topological polar surface area (TPSA) is 106 Å². The van der Waals surface area contributed by atoms with E-state index >= 15 is 0 Å². The van der Waals surface area contributed by atoms with E-state index in [1.807, 2.05) is 23.1 Å². The van der Waals surface area contributed by atoms with Crippen LogP contribution in [-0.4, -0.2) is 71.7 Å². The molecule has 3 heterocycles. The molecule has 200 valence electrons. The zero-order valence-electron chi connectivity index (χ0n) is 21.9. The Balaban J connectivity index is 1.37. The highest BCUT2D eigenvalue weighted by molar-refractivity contribution is 6.10. The van der Waals surface area contributed by atoms with E-state index in [2.05, 4.69) is 28.9 Å². The van der Waals surface area contributed by atoms with Gasteiger partial charge in [-0.25, -0.2) is 4.99 Å². The Hall–Kier alpha value is -3.88. The molecule has 3 N–H and O–H groups in total. The molecule has 9 heteroatoms. The lowest BCUT2D eigenvalue weighted by molar-refractivity contribution is -0.140. The molecule has 2 aromatic carbocycles. The number of carbonyl (C=O) groups is 3. The first kappa shape index (κ1) is 25.8. The van der Waals surface area contributed by atoms with Crippen LogP contribution >= 0.6 is 0 Å². The summed E-state index contributed by atoms with van der Waals surface area (Å²) in [6, 6.07) is 14.6. The number of aliphatic imine (C=N–C) groups is 1. The minimum atomic E-state index is -0.685. The summed E-state index contributed by atoms with van der Waals surface area (Å²) >= 11 is 0. The van der Waals surface area contributed by atoms with E-state index in [1.165, 1.54) is 5.56 Å². The summed E-state index contributed by atoms with van der Waals surface area (Å²) in [6.45, 7) is 4.28. The zero-order chi connectivity index (χ0) is 26.5. The van der Waals surface area contributed by atoms with Crippen molar-refractivity contribution in [2.24, 2.45) is 4.99 Å². The number of likely N-dealkylation sites (tertiary alicyclic amines) is 2. The average Bonchev–Trinajstić information content (AvgIpc) is 3.55. The van der Waals surface area contributed by atoms with Gasteiger partial charge in [0.25, 0.3) is 5.91 Å². The first-order valence-corrected chi connectivity index (χ1v) is 13.6. The van der Waals surface area contributed by atoms with Crippen LogP contribution in [0.3, 0.4) is 0 Å². The quantitative estimate of drug-likeness (QED) is 0.418. The van der Waals surface area contributed by atoms with Gasteiger partial charge in [-0.2, -0.15) is 0 Å². The number of hydrogen-bond acceptors (Lipinski definition) is 5. The van der Waals surface area contributed by atoms with Crippen molar-refractivity contribution in [2.75, 3.05) is 36.8 Å². The van der Waals surface area contributed by atoms with Gasteiger partial charge in [0.1, 0.15) is 6.04 Å². The third kappa shape index (κ3) is 6.15. The maximum absolute atomic E-state index is 13.5. The first-order valence-electron chi connectivity index (χ1n) is 13.6. The predicted molar refractivity (Wildman–Crippen MR) is 148 cm³/mol. The molecule has 0 aromatic heterocycles. The summed E-state index contributed by atoms with van der Waals surface area (Å²) in [6.07, 6.45) is 5.18. The third-order valence-corrected chi connectivity index (χ3v) is 7.39. The number of nitrogens with zero attached hydrogens (tertiary/aromatic N) is 3. The molecule has 0 spiro atoms. The van der Waals surface area contributed by atoms with Crippen LogP contribution in [-0.2, 0) is 16.0 Å². The number of amides is 3. The highest BCUT2D eigenvalue weighted by Gasteiger charge is 2.30. The molecule has 0 aliphatic carbocycles. The van der Waals surface area contributed by atoms with Gasteiger partial charge in [0.05, 0.1) is 6.54 Å². The summed E-state index contributed by atoms with van der Waals surface area (Å²) in [5.41, 5.74) is 3.55. The van der Waals surface area contributed by atoms with Crippen LogP contribution in [0.1, 0.15) is 54.9 Å². The van der Waals surface area contributed by atoms with Gasteiger partial charge >= 0.3 is 0 Å². The van der Waals surface area contributed by atoms with E-state index in [1.54, 1.807) is 29.2 Å². The van der Waals surface area contributed by atoms with Crippen LogP contribution in [0.15, 0.2) is 53.5 Å². The minimum Gasteiger partial charge on any atom is -0.382 e. The molecule has 2 unspecified atom stereocenters. The normalized spacial score (nSPS) is 21.5. The fraction of sp³-hybridized carbons (Fsp3) is 0.448. The number of guanidine groups is 1. The van der Waals surface area contributed by atoms with E-state index in [4.69, 9.17) is 4.99 Å². The van der Waals surface area contributed by atoms with Crippen molar-refractivity contribution >= 4 is 35.1 Å². The molecule has 38 heavy (non-hydrogen) atoms. The number of rotatable bonds is 5. The SMILES string of the molecule is CC1Cc2ccc(NC(=NC3CCCCN(CC(=O)N4CCCC4)C3=O)NC(=O)c3ccccc3)cc2N1. The molecule has 2 aromatic rings. The molecule has 3 aliphatic rings. The van der Waals surface area contributed by atoms with E-state index in [-0.39, 0.29) is 30.2 Å². The molecule has 0 saturated carbocycles. The van der Waals surface area contributed by atoms with E-state index in [0.717, 1.165) is 56.6 Å². The van der Waals surface area contributed by atoms with Crippen LogP contribution in [0.25, 0.3) is 0 Å². The predicted octanol–water partition coefficient (Wildman–Crippen LogP) is 3.24. The molecule has 0 bridgehead atoms. The van der Waals surface area contributed by atoms with Gasteiger partial charge in [0.15, 0.2) is 0 Å². The Morgan fingerprint density at radius 2 is 1.79 bits per heavy atom. The fourth-order valence-corrected chi connectivity index (χ4v) is 5.36. The molecule has 5 rings (SSSR count). The van der Waals surface area contributed by atoms with Crippen molar-refractivity contribution in [3.63, 3.8) is 0 Å². The molecule has 3 aliphatic heterocycles. The molecule has 9 nitrogen and oxygen atoms in total. The summed E-state index contributed by atoms with van der Waals surface area (Å²) in [5, 5.41) is 9.58. The first-order chi connectivity index (χ1) is 18.5. The number of hydrogen-bond donors (Lipinski definition) is 3. The minimum absolute atomic E-state index is 0.00363. The van der Waals surface area contributed by atoms with Crippen LogP contribution in [0.4, 0.5) is 11.4 Å². The molecule has 3 amide bonds. The maximum Gasteiger partial charge on any atom is 0.257 e. The second-order valence-electron chi connectivity index (χ2n) is 10.4. The Labute approximate surface area is 223 Å². The Morgan fingerprint density at radius 1 is 1.03 bits per heavy atom. The van der Waals surface area contributed by atoms with Crippen molar-refractivity contribution in [3.8, 4) is 0 Å². The number of fused-ring (bicyclic) bond motifs is 1. The van der Waals surface area contributed by atoms with Crippen molar-refractivity contribution in [1.29, 1.82) is 0 Å². The molecular weight excluding hydrogens is 480 g/mol. The van der Waals surface area contributed by atoms with Gasteiger partial charge in [0.2, 0.25) is 17.8 Å². The number of nitrogens with one attached hydrogen (secondary N) is 3. The smallest absolute Gasteiger partial charge is 0.257 e. The average molecular weight is 517 g/mol. The molecular formula is C29H36N6O3. The van der Waals surface area contributed by atoms with E-state index in [0.29, 0.717) is 24.6 Å². The van der Waals surface area contributed by atoms with Gasteiger partial charge < -0.3 is 20.4 Å². The summed E-state index contributed by atoms with van der Waals surface area (Å²) in [4.78, 5) is 47.6. The van der Waals surface area contributed by atoms with Crippen molar-refractivity contribution < 1.29 is 14.4 Å². The van der Waals surface area contributed by atoms with Gasteiger partial charge in [-0.3, -0.25) is 19.7 Å². The van der Waals surface area contributed by atoms with Crippen LogP contribution in [0.2, 0.25) is 0 Å². The second kappa shape index (κ2) is 11.7. The molecule has 2 saturated heterocycles. The second-order valence-corrected chi connectivity index (χ2v) is 10.4. The van der Waals surface area contributed by atoms with Crippen LogP contribution in [0, 0.1) is 0 Å². The summed E-state index contributed by atoms with van der Waals surface area (Å²) < 4.78 is 0. The van der Waals surface area contributed by atoms with Gasteiger partial charge in [-0.1, -0.05) is 24.3 Å². The van der Waals surface area contributed by atoms with Crippen LogP contribution < -0.4 is 16.0 Å². The largest absolute Gasteiger partial charge is 0.382 e. The third-order valence-electron chi connectivity index (χ3n) is 7.39. The lowest BCUT2D eigenvalue weighted by atomic mass is 10.1. The molecule has 2 fully saturated rings. The maximum atomic E-state index is 13.5. The van der Waals surface area contributed by atoms with Crippen molar-refractivity contribution in [1.82, 2.24) is 15.1 Å². The Morgan fingerprint density at radius 3 is 2.58 bits per heavy atom. The van der Waals surface area contributed by atoms with Crippen molar-refractivity contribution in [3.05, 3.63) is 59.7 Å². The fourth-order valence-electron chi connectivity index (χ4n) is 5.36. The summed E-state index contributed by atoms with van der Waals surface area (Å²) in [7, 11) is 0. The number of carbonyl (C=O) groups excluding carboxylic acids is 3. The van der Waals surface area contributed by atoms with E-state index in [9.17, 15) is 14.4 Å². The van der Waals surface area contributed by atoms with Gasteiger partial charge in [0, 0.05) is 42.6 Å². The standard InChI is InChI=1S/C29H36N6O3/c1-20-17-22-12-13-23(18-25(22)30-20)31-29(33-27(37)21-9-3-2-4-10-21)32-24-11-5-6-16-35(28(24)38)19-26(36)34-14-7-8-15-34/h2-4,9-10,12-13,18,20,24,30H,5-8,11,14-17,19H2,1H3,(H2,31,32,33,37). The summed E-state index contributed by atoms with van der Waals surface area (Å²) in [5.74, 6) is -0.272. The van der Waals surface area contributed by atoms with Gasteiger partial charge in [-0.05, 0) is 75.3 Å². The Kier molecular flexibility index (Phi) is 7.91. The van der Waals surface area contributed by atoms with Crippen LogP contribution in [0.5, 0.6) is 0 Å². The molecule has 2 atom stereocenters. The lowest BCUT2D eigenvalue weighted by Crippen LogP contribution is -2.45. The molecule has 0 radical (unpaired) electrons. The zero-order valence-corrected chi connectivity index (χ0v) is 21.9.